The highest BCUT2D eigenvalue weighted by atomic mass is 16.5. The van der Waals surface area contributed by atoms with E-state index < -0.39 is 6.10 Å². The standard InChI is InChI=1S/C9H11N3O2/c10-12-11-6-8(13)7-14-9-4-2-1-3-5-9/h1-5,8,13H,6-7H2. The van der Waals surface area contributed by atoms with Gasteiger partial charge in [-0.2, -0.15) is 0 Å². The summed E-state index contributed by atoms with van der Waals surface area (Å²) in [6, 6.07) is 9.15. The fourth-order valence-corrected chi connectivity index (χ4v) is 0.893. The molecule has 0 bridgehead atoms. The number of nitrogens with zero attached hydrogens (tertiary/aromatic N) is 3. The van der Waals surface area contributed by atoms with Crippen molar-refractivity contribution in [1.29, 1.82) is 0 Å². The van der Waals surface area contributed by atoms with Gasteiger partial charge in [-0.1, -0.05) is 23.3 Å². The number of hydrogen-bond acceptors (Lipinski definition) is 3. The topological polar surface area (TPSA) is 78.2 Å². The van der Waals surface area contributed by atoms with Crippen LogP contribution in [0.1, 0.15) is 0 Å². The van der Waals surface area contributed by atoms with Crippen molar-refractivity contribution in [3.8, 4) is 5.75 Å². The molecule has 0 spiro atoms. The molecule has 0 aliphatic rings. The van der Waals surface area contributed by atoms with Crippen molar-refractivity contribution < 1.29 is 9.84 Å². The van der Waals surface area contributed by atoms with Crippen LogP contribution in [-0.4, -0.2) is 24.4 Å². The van der Waals surface area contributed by atoms with Crippen molar-refractivity contribution in [2.24, 2.45) is 5.11 Å². The molecule has 74 valence electrons. The molecule has 0 radical (unpaired) electrons. The Kier molecular flexibility index (Phi) is 4.34. The minimum Gasteiger partial charge on any atom is -0.491 e. The van der Waals surface area contributed by atoms with Gasteiger partial charge in [0.05, 0.1) is 12.6 Å². The molecule has 0 heterocycles. The van der Waals surface area contributed by atoms with Gasteiger partial charge >= 0.3 is 0 Å². The molecule has 0 aliphatic carbocycles. The van der Waals surface area contributed by atoms with Gasteiger partial charge in [-0.05, 0) is 17.7 Å². The van der Waals surface area contributed by atoms with E-state index >= 15 is 0 Å². The number of benzene rings is 1. The van der Waals surface area contributed by atoms with E-state index in [0.29, 0.717) is 5.75 Å². The van der Waals surface area contributed by atoms with E-state index in [4.69, 9.17) is 10.3 Å². The molecule has 1 unspecified atom stereocenters. The molecule has 5 nitrogen and oxygen atoms in total. The van der Waals surface area contributed by atoms with Crippen LogP contribution >= 0.6 is 0 Å². The second kappa shape index (κ2) is 5.85. The molecule has 5 heteroatoms. The predicted octanol–water partition coefficient (Wildman–Crippen LogP) is 1.74. The predicted molar refractivity (Wildman–Crippen MR) is 52.0 cm³/mol. The van der Waals surface area contributed by atoms with Crippen molar-refractivity contribution in [3.05, 3.63) is 40.8 Å². The second-order valence-electron chi connectivity index (χ2n) is 2.69. The van der Waals surface area contributed by atoms with Crippen LogP contribution < -0.4 is 4.74 Å². The summed E-state index contributed by atoms with van der Waals surface area (Å²) in [6.07, 6.45) is -0.758. The zero-order valence-electron chi connectivity index (χ0n) is 7.58. The third-order valence-corrected chi connectivity index (χ3v) is 1.54. The number of aliphatic hydroxyl groups excluding tert-OH is 1. The highest BCUT2D eigenvalue weighted by Crippen LogP contribution is 2.08. The molecular weight excluding hydrogens is 182 g/mol. The first-order chi connectivity index (χ1) is 6.83. The minimum atomic E-state index is -0.758. The van der Waals surface area contributed by atoms with Crippen molar-refractivity contribution in [1.82, 2.24) is 0 Å². The zero-order valence-corrected chi connectivity index (χ0v) is 7.58. The molecule has 0 aromatic heterocycles. The van der Waals surface area contributed by atoms with Crippen LogP contribution in [0.2, 0.25) is 0 Å². The quantitative estimate of drug-likeness (QED) is 0.439. The van der Waals surface area contributed by atoms with Crippen LogP contribution in [0.15, 0.2) is 35.4 Å². The average Bonchev–Trinajstić information content (AvgIpc) is 2.25. The van der Waals surface area contributed by atoms with Crippen LogP contribution in [0.5, 0.6) is 5.75 Å². The van der Waals surface area contributed by atoms with Crippen molar-refractivity contribution in [3.63, 3.8) is 0 Å². The van der Waals surface area contributed by atoms with E-state index in [2.05, 4.69) is 10.0 Å². The second-order valence-corrected chi connectivity index (χ2v) is 2.69. The summed E-state index contributed by atoms with van der Waals surface area (Å²) in [4.78, 5) is 2.54. The molecule has 0 fully saturated rings. The summed E-state index contributed by atoms with van der Waals surface area (Å²) < 4.78 is 5.23. The van der Waals surface area contributed by atoms with E-state index in [9.17, 15) is 5.11 Å². The molecule has 1 aromatic rings. The molecule has 0 saturated heterocycles. The van der Waals surface area contributed by atoms with Gasteiger partial charge in [-0.25, -0.2) is 0 Å². The summed E-state index contributed by atoms with van der Waals surface area (Å²) in [5, 5.41) is 12.5. The molecule has 1 rings (SSSR count). The average molecular weight is 193 g/mol. The number of hydrogen-bond donors (Lipinski definition) is 1. The molecule has 1 atom stereocenters. The smallest absolute Gasteiger partial charge is 0.119 e. The summed E-state index contributed by atoms with van der Waals surface area (Å²) in [5.41, 5.74) is 8.01. The lowest BCUT2D eigenvalue weighted by molar-refractivity contribution is 0.114. The number of rotatable bonds is 5. The first kappa shape index (κ1) is 10.4. The summed E-state index contributed by atoms with van der Waals surface area (Å²) in [7, 11) is 0. The van der Waals surface area contributed by atoms with E-state index in [-0.39, 0.29) is 13.2 Å². The summed E-state index contributed by atoms with van der Waals surface area (Å²) in [5.74, 6) is 0.687. The van der Waals surface area contributed by atoms with Gasteiger partial charge in [-0.15, -0.1) is 0 Å². The Labute approximate surface area is 81.6 Å². The largest absolute Gasteiger partial charge is 0.491 e. The van der Waals surface area contributed by atoms with Gasteiger partial charge in [0, 0.05) is 4.91 Å². The van der Waals surface area contributed by atoms with E-state index in [1.807, 2.05) is 18.2 Å². The lowest BCUT2D eigenvalue weighted by atomic mass is 10.3. The fourth-order valence-electron chi connectivity index (χ4n) is 0.893. The van der Waals surface area contributed by atoms with Crippen molar-refractivity contribution >= 4 is 0 Å². The fraction of sp³-hybridized carbons (Fsp3) is 0.333. The monoisotopic (exact) mass is 193 g/mol. The summed E-state index contributed by atoms with van der Waals surface area (Å²) in [6.45, 7) is 0.159. The molecule has 1 aromatic carbocycles. The van der Waals surface area contributed by atoms with Crippen LogP contribution in [0.25, 0.3) is 10.4 Å². The van der Waals surface area contributed by atoms with Gasteiger partial charge in [0.1, 0.15) is 12.4 Å². The van der Waals surface area contributed by atoms with E-state index in [0.717, 1.165) is 0 Å². The molecule has 0 saturated carbocycles. The third-order valence-electron chi connectivity index (χ3n) is 1.54. The van der Waals surface area contributed by atoms with Crippen LogP contribution in [-0.2, 0) is 0 Å². The Bertz CT molecular complexity index is 309. The first-order valence-electron chi connectivity index (χ1n) is 4.19. The number of ether oxygens (including phenoxy) is 1. The Balaban J connectivity index is 2.30. The van der Waals surface area contributed by atoms with Crippen molar-refractivity contribution in [2.45, 2.75) is 6.10 Å². The van der Waals surface area contributed by atoms with E-state index in [1.165, 1.54) is 0 Å². The first-order valence-corrected chi connectivity index (χ1v) is 4.19. The summed E-state index contributed by atoms with van der Waals surface area (Å²) >= 11 is 0. The van der Waals surface area contributed by atoms with Crippen LogP contribution in [0.3, 0.4) is 0 Å². The normalized spacial score (nSPS) is 11.5. The van der Waals surface area contributed by atoms with E-state index in [1.54, 1.807) is 12.1 Å². The Morgan fingerprint density at radius 3 is 2.79 bits per heavy atom. The van der Waals surface area contributed by atoms with Crippen LogP contribution in [0.4, 0.5) is 0 Å². The van der Waals surface area contributed by atoms with Gasteiger partial charge < -0.3 is 9.84 Å². The Hall–Kier alpha value is -1.71. The minimum absolute atomic E-state index is 0.0311. The Morgan fingerprint density at radius 1 is 1.43 bits per heavy atom. The van der Waals surface area contributed by atoms with Crippen molar-refractivity contribution in [2.75, 3.05) is 13.2 Å². The maximum absolute atomic E-state index is 9.25. The molecule has 1 N–H and O–H groups in total. The van der Waals surface area contributed by atoms with Gasteiger partial charge in [0.2, 0.25) is 0 Å². The lowest BCUT2D eigenvalue weighted by Gasteiger charge is -2.09. The number of azide groups is 1. The van der Waals surface area contributed by atoms with Crippen LogP contribution in [0, 0.1) is 0 Å². The molecule has 0 amide bonds. The maximum atomic E-state index is 9.25. The number of para-hydroxylation sites is 1. The molecular formula is C9H11N3O2. The zero-order chi connectivity index (χ0) is 10.2. The highest BCUT2D eigenvalue weighted by Gasteiger charge is 2.02. The Morgan fingerprint density at radius 2 is 2.14 bits per heavy atom. The number of aliphatic hydroxyl groups is 1. The highest BCUT2D eigenvalue weighted by molar-refractivity contribution is 5.20. The van der Waals surface area contributed by atoms with Gasteiger partial charge in [0.25, 0.3) is 0 Å². The molecule has 14 heavy (non-hydrogen) atoms. The van der Waals surface area contributed by atoms with Gasteiger partial charge in [-0.3, -0.25) is 0 Å². The van der Waals surface area contributed by atoms with Gasteiger partial charge in [0.15, 0.2) is 0 Å². The third kappa shape index (κ3) is 3.80. The lowest BCUT2D eigenvalue weighted by Crippen LogP contribution is -2.20. The SMILES string of the molecule is [N-]=[N+]=NCC(O)COc1ccccc1. The maximum Gasteiger partial charge on any atom is 0.119 e. The molecule has 0 aliphatic heterocycles.